The van der Waals surface area contributed by atoms with Crippen LogP contribution < -0.4 is 5.32 Å². The first kappa shape index (κ1) is 15.3. The van der Waals surface area contributed by atoms with E-state index in [1.165, 1.54) is 12.8 Å². The van der Waals surface area contributed by atoms with Crippen molar-refractivity contribution in [1.82, 2.24) is 10.2 Å². The van der Waals surface area contributed by atoms with Crippen molar-refractivity contribution in [3.8, 4) is 0 Å². The van der Waals surface area contributed by atoms with Crippen LogP contribution in [-0.2, 0) is 4.79 Å². The van der Waals surface area contributed by atoms with Gasteiger partial charge in [-0.25, -0.2) is 0 Å². The predicted molar refractivity (Wildman–Crippen MR) is 82.8 cm³/mol. The Morgan fingerprint density at radius 3 is 2.80 bits per heavy atom. The smallest absolute Gasteiger partial charge is 0.234 e. The van der Waals surface area contributed by atoms with Crippen LogP contribution >= 0.6 is 11.6 Å². The number of nitrogens with one attached hydrogen (secondary N) is 1. The number of carbonyl (C=O) groups excluding carboxylic acids is 1. The largest absolute Gasteiger partial charge is 0.348 e. The minimum Gasteiger partial charge on any atom is -0.348 e. The molecule has 1 aromatic rings. The summed E-state index contributed by atoms with van der Waals surface area (Å²) in [6.07, 6.45) is 2.47. The third-order valence-electron chi connectivity index (χ3n) is 3.86. The first-order valence-electron chi connectivity index (χ1n) is 7.32. The van der Waals surface area contributed by atoms with Crippen molar-refractivity contribution in [2.45, 2.75) is 32.7 Å². The van der Waals surface area contributed by atoms with Gasteiger partial charge < -0.3 is 5.32 Å². The van der Waals surface area contributed by atoms with Crippen molar-refractivity contribution < 1.29 is 4.79 Å². The highest BCUT2D eigenvalue weighted by Gasteiger charge is 2.19. The summed E-state index contributed by atoms with van der Waals surface area (Å²) < 4.78 is 0. The number of amides is 1. The van der Waals surface area contributed by atoms with E-state index in [-0.39, 0.29) is 11.9 Å². The molecule has 1 aromatic carbocycles. The van der Waals surface area contributed by atoms with Gasteiger partial charge in [0.1, 0.15) is 0 Å². The number of hydrogen-bond acceptors (Lipinski definition) is 2. The predicted octanol–water partition coefficient (Wildman–Crippen LogP) is 3.25. The second kappa shape index (κ2) is 7.09. The van der Waals surface area contributed by atoms with E-state index in [9.17, 15) is 4.79 Å². The molecule has 0 radical (unpaired) electrons. The zero-order chi connectivity index (χ0) is 14.5. The molecule has 4 heteroatoms. The molecule has 0 saturated carbocycles. The summed E-state index contributed by atoms with van der Waals surface area (Å²) in [5.74, 6) is 0.798. The quantitative estimate of drug-likeness (QED) is 0.924. The average molecular weight is 295 g/mol. The highest BCUT2D eigenvalue weighted by molar-refractivity contribution is 6.30. The van der Waals surface area contributed by atoms with E-state index in [4.69, 9.17) is 11.6 Å². The SMILES string of the molecule is C[C@@H]1CCCN(CC(=O)N[C@@H](C)c2ccc(Cl)cc2)C1. The number of hydrogen-bond donors (Lipinski definition) is 1. The van der Waals surface area contributed by atoms with Gasteiger partial charge in [-0.2, -0.15) is 0 Å². The summed E-state index contributed by atoms with van der Waals surface area (Å²) in [5.41, 5.74) is 1.08. The van der Waals surface area contributed by atoms with Crippen LogP contribution in [0, 0.1) is 5.92 Å². The van der Waals surface area contributed by atoms with E-state index < -0.39 is 0 Å². The minimum atomic E-state index is 0.0157. The number of rotatable bonds is 4. The van der Waals surface area contributed by atoms with Crippen molar-refractivity contribution in [2.24, 2.45) is 5.92 Å². The Kier molecular flexibility index (Phi) is 5.44. The molecule has 1 heterocycles. The van der Waals surface area contributed by atoms with Gasteiger partial charge in [0.15, 0.2) is 0 Å². The molecular formula is C16H23ClN2O. The minimum absolute atomic E-state index is 0.0157. The molecule has 0 spiro atoms. The van der Waals surface area contributed by atoms with Crippen LogP contribution in [0.2, 0.25) is 5.02 Å². The van der Waals surface area contributed by atoms with E-state index in [2.05, 4.69) is 17.1 Å². The summed E-state index contributed by atoms with van der Waals surface area (Å²) in [5, 5.41) is 3.77. The zero-order valence-corrected chi connectivity index (χ0v) is 13.0. The van der Waals surface area contributed by atoms with E-state index >= 15 is 0 Å². The summed E-state index contributed by atoms with van der Waals surface area (Å²) >= 11 is 5.87. The lowest BCUT2D eigenvalue weighted by Gasteiger charge is -2.30. The molecule has 2 atom stereocenters. The Bertz CT molecular complexity index is 446. The monoisotopic (exact) mass is 294 g/mol. The lowest BCUT2D eigenvalue weighted by atomic mass is 10.0. The normalized spacial score (nSPS) is 21.4. The molecule has 3 nitrogen and oxygen atoms in total. The highest BCUT2D eigenvalue weighted by atomic mass is 35.5. The molecule has 1 aliphatic heterocycles. The summed E-state index contributed by atoms with van der Waals surface area (Å²) in [6.45, 7) is 6.82. The van der Waals surface area contributed by atoms with E-state index in [1.54, 1.807) is 0 Å². The van der Waals surface area contributed by atoms with Crippen LogP contribution in [-0.4, -0.2) is 30.4 Å². The molecule has 1 aliphatic rings. The standard InChI is InChI=1S/C16H23ClN2O/c1-12-4-3-9-19(10-12)11-16(20)18-13(2)14-5-7-15(17)8-6-14/h5-8,12-13H,3-4,9-11H2,1-2H3,(H,18,20)/t12-,13+/m1/s1. The molecule has 0 bridgehead atoms. The molecule has 0 aromatic heterocycles. The lowest BCUT2D eigenvalue weighted by Crippen LogP contribution is -2.42. The molecule has 20 heavy (non-hydrogen) atoms. The van der Waals surface area contributed by atoms with Crippen molar-refractivity contribution in [2.75, 3.05) is 19.6 Å². The van der Waals surface area contributed by atoms with Crippen LogP contribution in [0.1, 0.15) is 38.3 Å². The number of halogens is 1. The third kappa shape index (κ3) is 4.50. The first-order chi connectivity index (χ1) is 9.54. The van der Waals surface area contributed by atoms with E-state index in [1.807, 2.05) is 31.2 Å². The maximum atomic E-state index is 12.1. The Labute approximate surface area is 126 Å². The van der Waals surface area contributed by atoms with E-state index in [0.29, 0.717) is 12.5 Å². The Morgan fingerprint density at radius 2 is 2.15 bits per heavy atom. The van der Waals surface area contributed by atoms with Crippen LogP contribution in [0.4, 0.5) is 0 Å². The molecule has 110 valence electrons. The molecule has 1 saturated heterocycles. The lowest BCUT2D eigenvalue weighted by molar-refractivity contribution is -0.123. The number of carbonyl (C=O) groups is 1. The number of nitrogens with zero attached hydrogens (tertiary/aromatic N) is 1. The Balaban J connectivity index is 1.83. The van der Waals surface area contributed by atoms with Crippen LogP contribution in [0.3, 0.4) is 0 Å². The zero-order valence-electron chi connectivity index (χ0n) is 12.2. The van der Waals surface area contributed by atoms with Crippen molar-refractivity contribution in [3.05, 3.63) is 34.9 Å². The van der Waals surface area contributed by atoms with Crippen molar-refractivity contribution >= 4 is 17.5 Å². The van der Waals surface area contributed by atoms with Crippen LogP contribution in [0.25, 0.3) is 0 Å². The third-order valence-corrected chi connectivity index (χ3v) is 4.11. The molecule has 2 rings (SSSR count). The fraction of sp³-hybridized carbons (Fsp3) is 0.562. The van der Waals surface area contributed by atoms with E-state index in [0.717, 1.165) is 23.7 Å². The summed E-state index contributed by atoms with van der Waals surface area (Å²) in [4.78, 5) is 14.3. The summed E-state index contributed by atoms with van der Waals surface area (Å²) in [7, 11) is 0. The molecule has 0 unspecified atom stereocenters. The molecule has 1 N–H and O–H groups in total. The second-order valence-corrected chi connectivity index (χ2v) is 6.26. The molecule has 0 aliphatic carbocycles. The highest BCUT2D eigenvalue weighted by Crippen LogP contribution is 2.17. The Morgan fingerprint density at radius 1 is 1.45 bits per heavy atom. The van der Waals surface area contributed by atoms with Gasteiger partial charge in [0.05, 0.1) is 12.6 Å². The Hall–Kier alpha value is -1.06. The fourth-order valence-corrected chi connectivity index (χ4v) is 2.88. The van der Waals surface area contributed by atoms with Gasteiger partial charge >= 0.3 is 0 Å². The van der Waals surface area contributed by atoms with Crippen molar-refractivity contribution in [3.63, 3.8) is 0 Å². The first-order valence-corrected chi connectivity index (χ1v) is 7.69. The maximum absolute atomic E-state index is 12.1. The second-order valence-electron chi connectivity index (χ2n) is 5.82. The van der Waals surface area contributed by atoms with Crippen molar-refractivity contribution in [1.29, 1.82) is 0 Å². The number of benzene rings is 1. The topological polar surface area (TPSA) is 32.3 Å². The van der Waals surface area contributed by atoms with Gasteiger partial charge in [-0.1, -0.05) is 30.7 Å². The van der Waals surface area contributed by atoms with Crippen LogP contribution in [0.5, 0.6) is 0 Å². The van der Waals surface area contributed by atoms with Gasteiger partial charge in [0, 0.05) is 11.6 Å². The van der Waals surface area contributed by atoms with Crippen LogP contribution in [0.15, 0.2) is 24.3 Å². The van der Waals surface area contributed by atoms with Gasteiger partial charge in [0.2, 0.25) is 5.91 Å². The maximum Gasteiger partial charge on any atom is 0.234 e. The molecular weight excluding hydrogens is 272 g/mol. The van der Waals surface area contributed by atoms with Gasteiger partial charge in [-0.05, 0) is 49.9 Å². The number of likely N-dealkylation sites (tertiary alicyclic amines) is 1. The average Bonchev–Trinajstić information content (AvgIpc) is 2.39. The van der Waals surface area contributed by atoms with Gasteiger partial charge in [-0.15, -0.1) is 0 Å². The fourth-order valence-electron chi connectivity index (χ4n) is 2.76. The molecule has 1 fully saturated rings. The summed E-state index contributed by atoms with van der Waals surface area (Å²) in [6, 6.07) is 7.63. The van der Waals surface area contributed by atoms with Gasteiger partial charge in [0.25, 0.3) is 0 Å². The molecule has 1 amide bonds. The number of piperidine rings is 1. The van der Waals surface area contributed by atoms with Gasteiger partial charge in [-0.3, -0.25) is 9.69 Å².